The van der Waals surface area contributed by atoms with Gasteiger partial charge in [0.15, 0.2) is 6.29 Å². The third-order valence-corrected chi connectivity index (χ3v) is 2.45. The van der Waals surface area contributed by atoms with Gasteiger partial charge in [-0.15, -0.1) is 0 Å². The van der Waals surface area contributed by atoms with Crippen LogP contribution in [0.25, 0.3) is 5.69 Å². The van der Waals surface area contributed by atoms with E-state index in [1.165, 1.54) is 7.11 Å². The summed E-state index contributed by atoms with van der Waals surface area (Å²) in [6.45, 7) is 0. The summed E-state index contributed by atoms with van der Waals surface area (Å²) in [6.07, 6.45) is 2.53. The second-order valence-corrected chi connectivity index (χ2v) is 3.46. The molecule has 0 aliphatic heterocycles. The van der Waals surface area contributed by atoms with Crippen LogP contribution < -0.4 is 0 Å². The van der Waals surface area contributed by atoms with Crippen molar-refractivity contribution in [2.45, 2.75) is 0 Å². The Morgan fingerprint density at radius 1 is 1.29 bits per heavy atom. The number of nitrogens with zero attached hydrogens (tertiary/aromatic N) is 1. The van der Waals surface area contributed by atoms with Crippen molar-refractivity contribution in [3.63, 3.8) is 0 Å². The van der Waals surface area contributed by atoms with E-state index in [2.05, 4.69) is 4.74 Å². The molecule has 1 aromatic heterocycles. The van der Waals surface area contributed by atoms with Crippen LogP contribution >= 0.6 is 0 Å². The number of rotatable bonds is 3. The molecule has 17 heavy (non-hydrogen) atoms. The fourth-order valence-electron chi connectivity index (χ4n) is 1.63. The van der Waals surface area contributed by atoms with Gasteiger partial charge in [-0.25, -0.2) is 4.79 Å². The van der Waals surface area contributed by atoms with Crippen LogP contribution in [-0.2, 0) is 4.74 Å². The van der Waals surface area contributed by atoms with Crippen LogP contribution in [0, 0.1) is 0 Å². The second kappa shape index (κ2) is 4.65. The number of aldehydes is 1. The molecular weight excluding hydrogens is 218 g/mol. The third kappa shape index (κ3) is 2.10. The maximum atomic E-state index is 11.4. The molecule has 0 saturated heterocycles. The molecule has 0 aliphatic rings. The van der Waals surface area contributed by atoms with Gasteiger partial charge in [-0.3, -0.25) is 4.79 Å². The highest BCUT2D eigenvalue weighted by molar-refractivity contribution is 5.90. The van der Waals surface area contributed by atoms with Crippen LogP contribution in [-0.4, -0.2) is 23.9 Å². The van der Waals surface area contributed by atoms with E-state index in [0.29, 0.717) is 11.3 Å². The Morgan fingerprint density at radius 3 is 2.82 bits per heavy atom. The smallest absolute Gasteiger partial charge is 0.337 e. The lowest BCUT2D eigenvalue weighted by Gasteiger charge is -2.06. The molecular formula is C13H11NO3. The lowest BCUT2D eigenvalue weighted by atomic mass is 10.2. The van der Waals surface area contributed by atoms with Gasteiger partial charge in [-0.1, -0.05) is 6.07 Å². The number of carbonyl (C=O) groups excluding carboxylic acids is 2. The van der Waals surface area contributed by atoms with Crippen LogP contribution in [0.2, 0.25) is 0 Å². The zero-order chi connectivity index (χ0) is 12.3. The highest BCUT2D eigenvalue weighted by atomic mass is 16.5. The van der Waals surface area contributed by atoms with E-state index in [1.54, 1.807) is 41.1 Å². The molecule has 0 N–H and O–H groups in total. The average molecular weight is 229 g/mol. The highest BCUT2D eigenvalue weighted by Gasteiger charge is 2.07. The zero-order valence-electron chi connectivity index (χ0n) is 9.29. The minimum atomic E-state index is -0.397. The van der Waals surface area contributed by atoms with E-state index >= 15 is 0 Å². The Morgan fingerprint density at radius 2 is 2.12 bits per heavy atom. The zero-order valence-corrected chi connectivity index (χ0v) is 9.29. The van der Waals surface area contributed by atoms with Gasteiger partial charge in [0.1, 0.15) is 0 Å². The Kier molecular flexibility index (Phi) is 3.05. The highest BCUT2D eigenvalue weighted by Crippen LogP contribution is 2.14. The minimum absolute atomic E-state index is 0.397. The fraction of sp³-hybridized carbons (Fsp3) is 0.0769. The maximum Gasteiger partial charge on any atom is 0.337 e. The number of ether oxygens (including phenoxy) is 1. The Balaban J connectivity index is 2.46. The van der Waals surface area contributed by atoms with Crippen LogP contribution in [0.5, 0.6) is 0 Å². The molecule has 0 spiro atoms. The first-order valence-corrected chi connectivity index (χ1v) is 5.07. The fourth-order valence-corrected chi connectivity index (χ4v) is 1.63. The van der Waals surface area contributed by atoms with E-state index in [0.717, 1.165) is 12.0 Å². The Bertz CT molecular complexity index is 557. The van der Waals surface area contributed by atoms with E-state index in [-0.39, 0.29) is 0 Å². The van der Waals surface area contributed by atoms with Crippen molar-refractivity contribution < 1.29 is 14.3 Å². The molecule has 86 valence electrons. The van der Waals surface area contributed by atoms with Crippen molar-refractivity contribution in [2.75, 3.05) is 7.11 Å². The van der Waals surface area contributed by atoms with Gasteiger partial charge in [0.25, 0.3) is 0 Å². The van der Waals surface area contributed by atoms with Crippen molar-refractivity contribution in [3.05, 3.63) is 53.9 Å². The molecule has 0 atom stereocenters. The summed E-state index contributed by atoms with van der Waals surface area (Å²) in [5, 5.41) is 0. The summed E-state index contributed by atoms with van der Waals surface area (Å²) in [5.74, 6) is -0.397. The van der Waals surface area contributed by atoms with E-state index in [9.17, 15) is 9.59 Å². The molecule has 0 fully saturated rings. The van der Waals surface area contributed by atoms with Gasteiger partial charge in [-0.05, 0) is 30.3 Å². The van der Waals surface area contributed by atoms with Crippen molar-refractivity contribution >= 4 is 12.3 Å². The van der Waals surface area contributed by atoms with E-state index in [1.807, 2.05) is 6.07 Å². The Labute approximate surface area is 98.4 Å². The number of carbonyl (C=O) groups is 2. The molecule has 2 aromatic rings. The number of aromatic nitrogens is 1. The van der Waals surface area contributed by atoms with E-state index in [4.69, 9.17) is 0 Å². The monoisotopic (exact) mass is 229 g/mol. The maximum absolute atomic E-state index is 11.4. The van der Waals surface area contributed by atoms with Crippen LogP contribution in [0.15, 0.2) is 42.6 Å². The molecule has 0 saturated carbocycles. The summed E-state index contributed by atoms with van der Waals surface area (Å²) in [5.41, 5.74) is 1.74. The lowest BCUT2D eigenvalue weighted by molar-refractivity contribution is 0.0600. The minimum Gasteiger partial charge on any atom is -0.465 e. The number of benzene rings is 1. The van der Waals surface area contributed by atoms with Crippen molar-refractivity contribution in [1.82, 2.24) is 4.57 Å². The Hall–Kier alpha value is -2.36. The van der Waals surface area contributed by atoms with Crippen molar-refractivity contribution in [1.29, 1.82) is 0 Å². The van der Waals surface area contributed by atoms with Gasteiger partial charge < -0.3 is 9.30 Å². The topological polar surface area (TPSA) is 48.3 Å². The molecule has 0 unspecified atom stereocenters. The number of hydrogen-bond acceptors (Lipinski definition) is 3. The predicted molar refractivity (Wildman–Crippen MR) is 62.5 cm³/mol. The van der Waals surface area contributed by atoms with E-state index < -0.39 is 5.97 Å². The van der Waals surface area contributed by atoms with Crippen molar-refractivity contribution in [2.24, 2.45) is 0 Å². The molecule has 0 aliphatic carbocycles. The summed E-state index contributed by atoms with van der Waals surface area (Å²) in [4.78, 5) is 22.2. The van der Waals surface area contributed by atoms with Crippen LogP contribution in [0.3, 0.4) is 0 Å². The van der Waals surface area contributed by atoms with Crippen molar-refractivity contribution in [3.8, 4) is 5.69 Å². The van der Waals surface area contributed by atoms with Crippen LogP contribution in [0.4, 0.5) is 0 Å². The lowest BCUT2D eigenvalue weighted by Crippen LogP contribution is -2.03. The molecule has 4 nitrogen and oxygen atoms in total. The first-order valence-electron chi connectivity index (χ1n) is 5.07. The normalized spacial score (nSPS) is 9.94. The molecule has 0 radical (unpaired) electrons. The molecule has 0 bridgehead atoms. The summed E-state index contributed by atoms with van der Waals surface area (Å²) < 4.78 is 6.36. The van der Waals surface area contributed by atoms with Gasteiger partial charge in [0.2, 0.25) is 0 Å². The predicted octanol–water partition coefficient (Wildman–Crippen LogP) is 2.08. The standard InChI is InChI=1S/C13H11NO3/c1-17-13(16)10-4-2-5-11(8-10)14-7-3-6-12(14)9-15/h2-9H,1H3. The molecule has 2 rings (SSSR count). The largest absolute Gasteiger partial charge is 0.465 e. The second-order valence-electron chi connectivity index (χ2n) is 3.46. The number of methoxy groups -OCH3 is 1. The SMILES string of the molecule is COC(=O)c1cccc(-n2cccc2C=O)c1. The van der Waals surface area contributed by atoms with Crippen LogP contribution in [0.1, 0.15) is 20.8 Å². The number of esters is 1. The molecule has 1 aromatic carbocycles. The van der Waals surface area contributed by atoms with Gasteiger partial charge in [0, 0.05) is 11.9 Å². The van der Waals surface area contributed by atoms with Gasteiger partial charge >= 0.3 is 5.97 Å². The first kappa shape index (κ1) is 11.1. The molecule has 0 amide bonds. The molecule has 4 heteroatoms. The third-order valence-electron chi connectivity index (χ3n) is 2.45. The quantitative estimate of drug-likeness (QED) is 0.598. The van der Waals surface area contributed by atoms with Gasteiger partial charge in [0.05, 0.1) is 18.4 Å². The summed E-state index contributed by atoms with van der Waals surface area (Å²) in [6, 6.07) is 10.4. The number of hydrogen-bond donors (Lipinski definition) is 0. The first-order chi connectivity index (χ1) is 8.26. The summed E-state index contributed by atoms with van der Waals surface area (Å²) >= 11 is 0. The summed E-state index contributed by atoms with van der Waals surface area (Å²) in [7, 11) is 1.33. The average Bonchev–Trinajstić information content (AvgIpc) is 2.86. The molecule has 1 heterocycles. The van der Waals surface area contributed by atoms with Gasteiger partial charge in [-0.2, -0.15) is 0 Å².